The van der Waals surface area contributed by atoms with Crippen molar-refractivity contribution < 1.29 is 14.5 Å². The monoisotopic (exact) mass is 289 g/mol. The Morgan fingerprint density at radius 2 is 1.81 bits per heavy atom. The molecule has 1 spiro atoms. The number of urea groups is 1. The second-order valence-corrected chi connectivity index (χ2v) is 5.53. The van der Waals surface area contributed by atoms with Gasteiger partial charge in [0.2, 0.25) is 0 Å². The van der Waals surface area contributed by atoms with Gasteiger partial charge in [0.25, 0.3) is 11.6 Å². The van der Waals surface area contributed by atoms with Crippen LogP contribution >= 0.6 is 0 Å². The van der Waals surface area contributed by atoms with E-state index in [0.29, 0.717) is 18.4 Å². The number of hydrogen-bond donors (Lipinski definition) is 1. The van der Waals surface area contributed by atoms with E-state index < -0.39 is 10.5 Å². The van der Waals surface area contributed by atoms with Gasteiger partial charge in [-0.2, -0.15) is 0 Å². The van der Waals surface area contributed by atoms with Crippen LogP contribution in [0.2, 0.25) is 0 Å². The molecule has 1 aliphatic carbocycles. The van der Waals surface area contributed by atoms with Gasteiger partial charge in [0.1, 0.15) is 5.54 Å². The Balaban J connectivity index is 1.77. The van der Waals surface area contributed by atoms with E-state index in [1.807, 2.05) is 0 Å². The lowest BCUT2D eigenvalue weighted by molar-refractivity contribution is -0.384. The average Bonchev–Trinajstić information content (AvgIpc) is 3.01. The average molecular weight is 289 g/mol. The van der Waals surface area contributed by atoms with Crippen molar-refractivity contribution in [3.05, 3.63) is 39.9 Å². The number of carbonyl (C=O) groups is 2. The molecule has 1 aliphatic heterocycles. The van der Waals surface area contributed by atoms with Crippen molar-refractivity contribution in [1.29, 1.82) is 0 Å². The van der Waals surface area contributed by atoms with Gasteiger partial charge >= 0.3 is 6.03 Å². The fourth-order valence-electron chi connectivity index (χ4n) is 3.04. The number of hydrogen-bond acceptors (Lipinski definition) is 4. The molecule has 2 fully saturated rings. The number of nitrogens with one attached hydrogen (secondary N) is 1. The van der Waals surface area contributed by atoms with Gasteiger partial charge < -0.3 is 5.32 Å². The number of imide groups is 1. The van der Waals surface area contributed by atoms with Crippen molar-refractivity contribution in [2.75, 3.05) is 0 Å². The molecule has 1 saturated carbocycles. The van der Waals surface area contributed by atoms with E-state index in [9.17, 15) is 19.7 Å². The molecule has 21 heavy (non-hydrogen) atoms. The molecule has 3 amide bonds. The Labute approximate surface area is 121 Å². The fourth-order valence-corrected chi connectivity index (χ4v) is 3.04. The molecular weight excluding hydrogens is 274 g/mol. The van der Waals surface area contributed by atoms with Crippen LogP contribution in [0.1, 0.15) is 31.2 Å². The molecule has 0 aromatic heterocycles. The largest absolute Gasteiger partial charge is 0.325 e. The highest BCUT2D eigenvalue weighted by molar-refractivity contribution is 6.07. The Bertz CT molecular complexity index is 605. The summed E-state index contributed by atoms with van der Waals surface area (Å²) in [4.78, 5) is 35.8. The van der Waals surface area contributed by atoms with E-state index in [2.05, 4.69) is 5.32 Å². The Morgan fingerprint density at radius 3 is 2.38 bits per heavy atom. The SMILES string of the molecule is O=C1NC2(CCCC2)C(=O)N1Cc1ccc([N+](=O)[O-])cc1. The summed E-state index contributed by atoms with van der Waals surface area (Å²) in [6, 6.07) is 5.51. The van der Waals surface area contributed by atoms with Gasteiger partial charge in [-0.15, -0.1) is 0 Å². The van der Waals surface area contributed by atoms with E-state index in [-0.39, 0.29) is 24.2 Å². The maximum atomic E-state index is 12.5. The summed E-state index contributed by atoms with van der Waals surface area (Å²) in [7, 11) is 0. The first kappa shape index (κ1) is 13.5. The summed E-state index contributed by atoms with van der Waals surface area (Å²) in [6.45, 7) is 0.143. The van der Waals surface area contributed by atoms with E-state index in [0.717, 1.165) is 12.8 Å². The summed E-state index contributed by atoms with van der Waals surface area (Å²) >= 11 is 0. The van der Waals surface area contributed by atoms with Crippen LogP contribution in [0.3, 0.4) is 0 Å². The van der Waals surface area contributed by atoms with Crippen LogP contribution in [0.15, 0.2) is 24.3 Å². The normalized spacial score (nSPS) is 20.1. The van der Waals surface area contributed by atoms with Gasteiger partial charge in [-0.25, -0.2) is 4.79 Å². The molecule has 0 radical (unpaired) electrons. The Hall–Kier alpha value is -2.44. The molecule has 1 aromatic carbocycles. The zero-order valence-corrected chi connectivity index (χ0v) is 11.4. The van der Waals surface area contributed by atoms with Crippen LogP contribution in [0.5, 0.6) is 0 Å². The van der Waals surface area contributed by atoms with Crippen molar-refractivity contribution in [1.82, 2.24) is 10.2 Å². The lowest BCUT2D eigenvalue weighted by Gasteiger charge is -2.20. The molecule has 1 N–H and O–H groups in total. The van der Waals surface area contributed by atoms with Crippen molar-refractivity contribution in [2.24, 2.45) is 0 Å². The van der Waals surface area contributed by atoms with Crippen molar-refractivity contribution in [3.8, 4) is 0 Å². The first-order chi connectivity index (χ1) is 10.0. The maximum Gasteiger partial charge on any atom is 0.325 e. The molecule has 7 nitrogen and oxygen atoms in total. The third-order valence-corrected chi connectivity index (χ3v) is 4.19. The van der Waals surface area contributed by atoms with Gasteiger partial charge in [0, 0.05) is 12.1 Å². The van der Waals surface area contributed by atoms with Crippen LogP contribution in [0, 0.1) is 10.1 Å². The van der Waals surface area contributed by atoms with Gasteiger partial charge in [-0.3, -0.25) is 19.8 Å². The molecule has 0 unspecified atom stereocenters. The number of benzene rings is 1. The second kappa shape index (κ2) is 4.83. The molecule has 7 heteroatoms. The molecule has 1 heterocycles. The number of carbonyl (C=O) groups excluding carboxylic acids is 2. The van der Waals surface area contributed by atoms with Crippen LogP contribution in [0.25, 0.3) is 0 Å². The highest BCUT2D eigenvalue weighted by atomic mass is 16.6. The van der Waals surface area contributed by atoms with Gasteiger partial charge in [-0.1, -0.05) is 25.0 Å². The Morgan fingerprint density at radius 1 is 1.19 bits per heavy atom. The second-order valence-electron chi connectivity index (χ2n) is 5.53. The molecule has 1 aromatic rings. The molecular formula is C14H15N3O4. The van der Waals surface area contributed by atoms with Gasteiger partial charge in [0.15, 0.2) is 0 Å². The van der Waals surface area contributed by atoms with Crippen LogP contribution in [-0.2, 0) is 11.3 Å². The number of nitro benzene ring substituents is 1. The van der Waals surface area contributed by atoms with E-state index in [4.69, 9.17) is 0 Å². The lowest BCUT2D eigenvalue weighted by atomic mass is 9.98. The molecule has 0 bridgehead atoms. The minimum atomic E-state index is -0.710. The highest BCUT2D eigenvalue weighted by Crippen LogP contribution is 2.35. The number of non-ortho nitro benzene ring substituents is 1. The molecule has 110 valence electrons. The van der Waals surface area contributed by atoms with Crippen molar-refractivity contribution in [3.63, 3.8) is 0 Å². The maximum absolute atomic E-state index is 12.5. The summed E-state index contributed by atoms with van der Waals surface area (Å²) in [5.41, 5.74) is -0.0277. The first-order valence-corrected chi connectivity index (χ1v) is 6.89. The minimum absolute atomic E-state index is 0.0109. The first-order valence-electron chi connectivity index (χ1n) is 6.89. The van der Waals surface area contributed by atoms with E-state index >= 15 is 0 Å². The fraction of sp³-hybridized carbons (Fsp3) is 0.429. The third-order valence-electron chi connectivity index (χ3n) is 4.19. The summed E-state index contributed by atoms with van der Waals surface area (Å²) < 4.78 is 0. The smallest absolute Gasteiger partial charge is 0.323 e. The number of nitro groups is 1. The summed E-state index contributed by atoms with van der Waals surface area (Å²) in [5, 5.41) is 13.4. The van der Waals surface area contributed by atoms with Crippen molar-refractivity contribution >= 4 is 17.6 Å². The number of rotatable bonds is 3. The van der Waals surface area contributed by atoms with Gasteiger partial charge in [0.05, 0.1) is 11.5 Å². The predicted molar refractivity (Wildman–Crippen MR) is 73.4 cm³/mol. The molecule has 0 atom stereocenters. The lowest BCUT2D eigenvalue weighted by Crippen LogP contribution is -2.44. The standard InChI is InChI=1S/C14H15N3O4/c18-12-14(7-1-2-8-14)15-13(19)16(12)9-10-3-5-11(6-4-10)17(20)21/h3-6H,1-2,7-9H2,(H,15,19). The van der Waals surface area contributed by atoms with Crippen LogP contribution in [0.4, 0.5) is 10.5 Å². The number of nitrogens with zero attached hydrogens (tertiary/aromatic N) is 2. The predicted octanol–water partition coefficient (Wildman–Crippen LogP) is 1.96. The van der Waals surface area contributed by atoms with Gasteiger partial charge in [-0.05, 0) is 18.4 Å². The quantitative estimate of drug-likeness (QED) is 0.523. The van der Waals surface area contributed by atoms with Crippen molar-refractivity contribution in [2.45, 2.75) is 37.8 Å². The Kier molecular flexibility index (Phi) is 3.12. The van der Waals surface area contributed by atoms with Crippen LogP contribution < -0.4 is 5.32 Å². The highest BCUT2D eigenvalue weighted by Gasteiger charge is 2.52. The zero-order chi connectivity index (χ0) is 15.0. The summed E-state index contributed by atoms with van der Waals surface area (Å²) in [6.07, 6.45) is 3.26. The minimum Gasteiger partial charge on any atom is -0.323 e. The topological polar surface area (TPSA) is 92.6 Å². The number of amides is 3. The molecule has 3 rings (SSSR count). The van der Waals surface area contributed by atoms with E-state index in [1.165, 1.54) is 17.0 Å². The molecule has 2 aliphatic rings. The third kappa shape index (κ3) is 2.24. The van der Waals surface area contributed by atoms with E-state index in [1.54, 1.807) is 12.1 Å². The molecule has 1 saturated heterocycles. The zero-order valence-electron chi connectivity index (χ0n) is 11.4. The summed E-state index contributed by atoms with van der Waals surface area (Å²) in [5.74, 6) is -0.177. The van der Waals surface area contributed by atoms with Crippen LogP contribution in [-0.4, -0.2) is 27.3 Å².